The van der Waals surface area contributed by atoms with Crippen LogP contribution in [0.5, 0.6) is 11.5 Å². The Morgan fingerprint density at radius 1 is 0.868 bits per heavy atom. The maximum atomic E-state index is 12.9. The fraction of sp³-hybridized carbons (Fsp3) is 0.424. The Hall–Kier alpha value is -6.67. The second-order valence-corrected chi connectivity index (χ2v) is 12.9. The molecule has 0 fully saturated rings. The van der Waals surface area contributed by atoms with Gasteiger partial charge in [0.1, 0.15) is 42.4 Å². The first-order valence-electron chi connectivity index (χ1n) is 16.4. The van der Waals surface area contributed by atoms with Gasteiger partial charge in [0.15, 0.2) is 11.6 Å². The molecule has 0 unspecified atom stereocenters. The average Bonchev–Trinajstić information content (AvgIpc) is 3.77. The summed E-state index contributed by atoms with van der Waals surface area (Å²) in [5.74, 6) is 1.50. The Bertz CT molecular complexity index is 2060. The van der Waals surface area contributed by atoms with Crippen LogP contribution >= 0.6 is 0 Å². The maximum Gasteiger partial charge on any atom is 0.408 e. The summed E-state index contributed by atoms with van der Waals surface area (Å²) in [6.07, 6.45) is -0.122. The van der Waals surface area contributed by atoms with Crippen LogP contribution < -0.4 is 30.3 Å². The number of benzene rings is 2. The third-order valence-corrected chi connectivity index (χ3v) is 7.88. The van der Waals surface area contributed by atoms with Gasteiger partial charge in [0.05, 0.1) is 49.4 Å². The standard InChI is InChI=1S/C19H23N7O4.C14H15N7O2/c1-19(2,3)30-18(28)21-13-11-29-15-7-6-12(10-14(15)25(4)17(13)27)16-22-23-24-26(16)9-5-8-20;1-20-11-7-9(13-17-18-19-21(13)6-2-5-15)3-4-12(11)23-8-10(16)14(20)22/h6-7,10,13H,5,9,11H2,1-4H3,(H,21,28);3-4,7,10H,2,6,8,16H2,1H3/t13-;10-/m00/s1. The number of nitriles is 2. The van der Waals surface area contributed by atoms with Crippen LogP contribution in [0.15, 0.2) is 36.4 Å². The fourth-order valence-corrected chi connectivity index (χ4v) is 5.29. The quantitative estimate of drug-likeness (QED) is 0.273. The molecule has 3 amide bonds. The molecule has 0 radical (unpaired) electrons. The van der Waals surface area contributed by atoms with E-state index >= 15 is 0 Å². The van der Waals surface area contributed by atoms with Gasteiger partial charge in [-0.1, -0.05) is 0 Å². The van der Waals surface area contributed by atoms with E-state index in [9.17, 15) is 14.4 Å². The van der Waals surface area contributed by atoms with Gasteiger partial charge in [0.2, 0.25) is 5.91 Å². The number of alkyl carbamates (subject to hydrolysis) is 1. The van der Waals surface area contributed by atoms with E-state index in [2.05, 4.69) is 48.5 Å². The second kappa shape index (κ2) is 16.1. The molecular weight excluding hydrogens is 688 g/mol. The number of carbonyl (C=O) groups is 3. The number of nitrogens with zero attached hydrogens (tertiary/aromatic N) is 12. The Morgan fingerprint density at radius 3 is 1.85 bits per heavy atom. The van der Waals surface area contributed by atoms with Gasteiger partial charge in [-0.15, -0.1) is 10.2 Å². The molecule has 20 nitrogen and oxygen atoms in total. The van der Waals surface area contributed by atoms with Crippen LogP contribution in [-0.2, 0) is 27.4 Å². The molecule has 2 aliphatic rings. The Kier molecular flexibility index (Phi) is 11.4. The van der Waals surface area contributed by atoms with Gasteiger partial charge >= 0.3 is 6.09 Å². The summed E-state index contributed by atoms with van der Waals surface area (Å²) < 4.78 is 19.7. The molecule has 2 aromatic carbocycles. The third-order valence-electron chi connectivity index (χ3n) is 7.88. The smallest absolute Gasteiger partial charge is 0.408 e. The lowest BCUT2D eigenvalue weighted by atomic mass is 10.1. The number of rotatable bonds is 7. The van der Waals surface area contributed by atoms with Crippen LogP contribution in [0.25, 0.3) is 22.8 Å². The zero-order valence-corrected chi connectivity index (χ0v) is 29.8. The summed E-state index contributed by atoms with van der Waals surface area (Å²) in [6.45, 7) is 6.07. The number of hydrogen-bond acceptors (Lipinski definition) is 15. The molecule has 4 heterocycles. The van der Waals surface area contributed by atoms with Gasteiger partial charge in [-0.25, -0.2) is 14.2 Å². The van der Waals surface area contributed by atoms with Gasteiger partial charge in [-0.05, 0) is 78.0 Å². The fourth-order valence-electron chi connectivity index (χ4n) is 5.29. The molecule has 0 saturated heterocycles. The number of anilines is 2. The summed E-state index contributed by atoms with van der Waals surface area (Å²) >= 11 is 0. The Balaban J connectivity index is 0.000000211. The van der Waals surface area contributed by atoms with E-state index in [0.717, 1.165) is 5.56 Å². The van der Waals surface area contributed by atoms with Crippen molar-refractivity contribution < 1.29 is 28.6 Å². The highest BCUT2D eigenvalue weighted by atomic mass is 16.6. The van der Waals surface area contributed by atoms with E-state index in [1.807, 2.05) is 6.07 Å². The van der Waals surface area contributed by atoms with Gasteiger partial charge < -0.3 is 35.1 Å². The first-order chi connectivity index (χ1) is 25.3. The Morgan fingerprint density at radius 2 is 1.36 bits per heavy atom. The summed E-state index contributed by atoms with van der Waals surface area (Å²) in [5, 5.41) is 43.2. The van der Waals surface area contributed by atoms with Crippen molar-refractivity contribution in [3.8, 4) is 46.4 Å². The summed E-state index contributed by atoms with van der Waals surface area (Å²) in [4.78, 5) is 40.0. The number of hydrogen-bond donors (Lipinski definition) is 2. The van der Waals surface area contributed by atoms with E-state index in [4.69, 9.17) is 30.5 Å². The van der Waals surface area contributed by atoms with E-state index in [1.54, 1.807) is 69.9 Å². The molecule has 4 aromatic rings. The van der Waals surface area contributed by atoms with E-state index in [1.165, 1.54) is 14.5 Å². The first kappa shape index (κ1) is 37.6. The zero-order chi connectivity index (χ0) is 38.3. The first-order valence-corrected chi connectivity index (χ1v) is 16.4. The van der Waals surface area contributed by atoms with Crippen molar-refractivity contribution in [3.63, 3.8) is 0 Å². The normalized spacial score (nSPS) is 16.6. The molecule has 0 bridgehead atoms. The highest BCUT2D eigenvalue weighted by molar-refractivity contribution is 6.01. The predicted molar refractivity (Wildman–Crippen MR) is 186 cm³/mol. The molecular formula is C33H38N14O6. The molecule has 53 heavy (non-hydrogen) atoms. The highest BCUT2D eigenvalue weighted by Crippen LogP contribution is 2.35. The number of amides is 3. The number of carbonyl (C=O) groups excluding carboxylic acids is 3. The van der Waals surface area contributed by atoms with Gasteiger partial charge in [0, 0.05) is 25.2 Å². The largest absolute Gasteiger partial charge is 0.489 e. The topological polar surface area (TPSA) is 258 Å². The van der Waals surface area contributed by atoms with Crippen molar-refractivity contribution in [1.29, 1.82) is 10.5 Å². The van der Waals surface area contributed by atoms with Crippen LogP contribution in [0.4, 0.5) is 16.2 Å². The summed E-state index contributed by atoms with van der Waals surface area (Å²) in [6, 6.07) is 13.1. The Labute approximate surface area is 304 Å². The minimum Gasteiger partial charge on any atom is -0.489 e. The van der Waals surface area contributed by atoms with Crippen molar-refractivity contribution in [3.05, 3.63) is 36.4 Å². The number of tetrazole rings is 2. The molecule has 2 aliphatic heterocycles. The highest BCUT2D eigenvalue weighted by Gasteiger charge is 2.32. The number of aryl methyl sites for hydroxylation is 2. The van der Waals surface area contributed by atoms with Crippen molar-refractivity contribution in [2.75, 3.05) is 37.1 Å². The van der Waals surface area contributed by atoms with Crippen molar-refractivity contribution in [2.24, 2.45) is 5.73 Å². The van der Waals surface area contributed by atoms with E-state index < -0.39 is 23.8 Å². The number of ether oxygens (including phenoxy) is 3. The van der Waals surface area contributed by atoms with E-state index in [0.29, 0.717) is 59.6 Å². The summed E-state index contributed by atoms with van der Waals surface area (Å²) in [5.41, 5.74) is 7.61. The van der Waals surface area contributed by atoms with Crippen molar-refractivity contribution in [1.82, 2.24) is 45.7 Å². The lowest BCUT2D eigenvalue weighted by Gasteiger charge is -2.23. The zero-order valence-electron chi connectivity index (χ0n) is 29.8. The minimum atomic E-state index is -0.901. The molecule has 20 heteroatoms. The summed E-state index contributed by atoms with van der Waals surface area (Å²) in [7, 11) is 3.25. The molecule has 0 spiro atoms. The van der Waals surface area contributed by atoms with Crippen LogP contribution in [0.3, 0.4) is 0 Å². The van der Waals surface area contributed by atoms with Crippen LogP contribution in [0, 0.1) is 22.7 Å². The number of nitrogens with two attached hydrogens (primary N) is 1. The number of nitrogens with one attached hydrogen (secondary N) is 1. The lowest BCUT2D eigenvalue weighted by Crippen LogP contribution is -2.50. The molecule has 2 aromatic heterocycles. The molecule has 6 rings (SSSR count). The number of aromatic nitrogens is 8. The molecule has 0 saturated carbocycles. The van der Waals surface area contributed by atoms with Crippen molar-refractivity contribution >= 4 is 29.3 Å². The van der Waals surface area contributed by atoms with Crippen LogP contribution in [0.2, 0.25) is 0 Å². The maximum absolute atomic E-state index is 12.9. The molecule has 276 valence electrons. The van der Waals surface area contributed by atoms with Gasteiger partial charge in [-0.2, -0.15) is 10.5 Å². The minimum absolute atomic E-state index is 0.0331. The number of fused-ring (bicyclic) bond motifs is 2. The second-order valence-electron chi connectivity index (χ2n) is 12.9. The van der Waals surface area contributed by atoms with Crippen molar-refractivity contribution in [2.45, 2.75) is 64.4 Å². The van der Waals surface area contributed by atoms with E-state index in [-0.39, 0.29) is 31.4 Å². The molecule has 3 N–H and O–H groups in total. The average molecular weight is 727 g/mol. The monoisotopic (exact) mass is 726 g/mol. The third kappa shape index (κ3) is 8.80. The van der Waals surface area contributed by atoms with Crippen LogP contribution in [-0.4, -0.2) is 103 Å². The van der Waals surface area contributed by atoms with Crippen LogP contribution in [0.1, 0.15) is 33.6 Å². The van der Waals surface area contributed by atoms with Gasteiger partial charge in [-0.3, -0.25) is 9.59 Å². The number of likely N-dealkylation sites (N-methyl/N-ethyl adjacent to an activating group) is 2. The molecule has 2 atom stereocenters. The SMILES string of the molecule is CN1C(=O)[C@@H](N)COc2ccc(-c3nnnn3CCC#N)cc21.CN1C(=O)[C@@H](NC(=O)OC(C)(C)C)COc2ccc(-c3nnnn3CCC#N)cc21. The van der Waals surface area contributed by atoms with Gasteiger partial charge in [0.25, 0.3) is 5.91 Å². The lowest BCUT2D eigenvalue weighted by molar-refractivity contribution is -0.121. The molecule has 0 aliphatic carbocycles. The predicted octanol–water partition coefficient (Wildman–Crippen LogP) is 1.44.